The molecule has 5 nitrogen and oxygen atoms in total. The van der Waals surface area contributed by atoms with Crippen LogP contribution in [0.5, 0.6) is 11.5 Å². The summed E-state index contributed by atoms with van der Waals surface area (Å²) in [4.78, 5) is 11.3. The molecule has 0 aliphatic carbocycles. The van der Waals surface area contributed by atoms with Gasteiger partial charge in [-0.2, -0.15) is 0 Å². The first kappa shape index (κ1) is 29.9. The van der Waals surface area contributed by atoms with Gasteiger partial charge in [-0.15, -0.1) is 0 Å². The molecule has 190 valence electrons. The number of carboxylic acids is 1. The monoisotopic (exact) mass is 511 g/mol. The van der Waals surface area contributed by atoms with Crippen LogP contribution in [0.15, 0.2) is 24.3 Å². The maximum atomic E-state index is 11.3. The molecular weight excluding hydrogens is 473 g/mol. The van der Waals surface area contributed by atoms with Crippen LogP contribution in [-0.2, 0) is 15.6 Å². The fourth-order valence-corrected chi connectivity index (χ4v) is 3.63. The predicted molar refractivity (Wildman–Crippen MR) is 143 cm³/mol. The lowest BCUT2D eigenvalue weighted by molar-refractivity contribution is -0.145. The summed E-state index contributed by atoms with van der Waals surface area (Å²) in [5.41, 5.74) is 8.60. The number of hydrogen-bond acceptors (Lipinski definition) is 4. The third-order valence-electron chi connectivity index (χ3n) is 6.62. The van der Waals surface area contributed by atoms with Crippen LogP contribution in [-0.4, -0.2) is 22.3 Å². The molecule has 0 saturated carbocycles. The predicted octanol–water partition coefficient (Wildman–Crippen LogP) is 7.89. The van der Waals surface area contributed by atoms with Crippen molar-refractivity contribution in [3.8, 4) is 11.5 Å². The van der Waals surface area contributed by atoms with Gasteiger partial charge in [-0.3, -0.25) is 0 Å². The van der Waals surface area contributed by atoms with Crippen molar-refractivity contribution < 1.29 is 19.7 Å². The number of halogens is 2. The van der Waals surface area contributed by atoms with Crippen LogP contribution in [0.25, 0.3) is 0 Å². The second-order valence-electron chi connectivity index (χ2n) is 9.77. The molecule has 0 aromatic heterocycles. The minimum absolute atomic E-state index is 0.0635. The highest BCUT2D eigenvalue weighted by molar-refractivity contribution is 6.37. The van der Waals surface area contributed by atoms with Crippen molar-refractivity contribution in [3.63, 3.8) is 0 Å². The van der Waals surface area contributed by atoms with Gasteiger partial charge in [0.2, 0.25) is 0 Å². The molecule has 0 aliphatic rings. The van der Waals surface area contributed by atoms with Crippen molar-refractivity contribution in [2.24, 2.45) is 0 Å². The van der Waals surface area contributed by atoms with E-state index in [0.717, 1.165) is 18.4 Å². The fraction of sp³-hybridized carbons (Fsp3) is 0.519. The molecule has 2 aromatic rings. The number of rotatable bonds is 8. The molecule has 2 rings (SSSR count). The van der Waals surface area contributed by atoms with Crippen LogP contribution >= 0.6 is 23.2 Å². The molecule has 0 aliphatic heterocycles. The molecule has 1 unspecified atom stereocenters. The van der Waals surface area contributed by atoms with E-state index in [1.54, 1.807) is 6.92 Å². The number of hydrogen-bond donors (Lipinski definition) is 3. The van der Waals surface area contributed by atoms with Crippen LogP contribution in [0.1, 0.15) is 84.4 Å². The summed E-state index contributed by atoms with van der Waals surface area (Å²) >= 11 is 11.4. The maximum Gasteiger partial charge on any atom is 0.344 e. The standard InChI is InChI=1S/C20H32O3.C7H7Cl2NO/c1-8-16(18(21)22)23-17-12-11-14(19(4,5)9-2)13-15(17)20(6,7)10-3;1-3-4(8)2-5(10)7(11)6(3)9/h11-13,16H,8-10H2,1-7H3,(H,21,22);2,11H,10H2,1H3. The third-order valence-corrected chi connectivity index (χ3v) is 7.48. The minimum Gasteiger partial charge on any atom is -0.504 e. The van der Waals surface area contributed by atoms with Gasteiger partial charge in [-0.25, -0.2) is 4.79 Å². The average molecular weight is 513 g/mol. The topological polar surface area (TPSA) is 92.8 Å². The second kappa shape index (κ2) is 12.0. The Labute approximate surface area is 214 Å². The minimum atomic E-state index is -0.911. The van der Waals surface area contributed by atoms with E-state index in [2.05, 4.69) is 53.7 Å². The number of carboxylic acid groups (broad SMARTS) is 1. The zero-order chi connectivity index (χ0) is 26.4. The summed E-state index contributed by atoms with van der Waals surface area (Å²) in [6.45, 7) is 16.7. The van der Waals surface area contributed by atoms with Gasteiger partial charge in [0.15, 0.2) is 11.9 Å². The largest absolute Gasteiger partial charge is 0.504 e. The zero-order valence-electron chi connectivity index (χ0n) is 21.6. The Hall–Kier alpha value is -2.11. The first-order valence-electron chi connectivity index (χ1n) is 11.6. The Morgan fingerprint density at radius 1 is 1.06 bits per heavy atom. The number of phenols is 1. The third kappa shape index (κ3) is 7.19. The number of nitrogen functional groups attached to an aromatic ring is 1. The molecule has 0 bridgehead atoms. The summed E-state index contributed by atoms with van der Waals surface area (Å²) in [6.07, 6.45) is 1.66. The number of aliphatic carboxylic acids is 1. The summed E-state index contributed by atoms with van der Waals surface area (Å²) < 4.78 is 5.85. The normalized spacial score (nSPS) is 12.5. The van der Waals surface area contributed by atoms with Crippen molar-refractivity contribution in [2.75, 3.05) is 5.73 Å². The summed E-state index contributed by atoms with van der Waals surface area (Å²) in [5.74, 6) is -0.318. The number of ether oxygens (including phenoxy) is 1. The molecule has 0 heterocycles. The van der Waals surface area contributed by atoms with Crippen LogP contribution in [0.3, 0.4) is 0 Å². The van der Waals surface area contributed by atoms with Crippen molar-refractivity contribution in [1.82, 2.24) is 0 Å². The molecule has 0 fully saturated rings. The van der Waals surface area contributed by atoms with Crippen molar-refractivity contribution in [2.45, 2.75) is 91.6 Å². The quantitative estimate of drug-likeness (QED) is 0.247. The molecule has 7 heteroatoms. The first-order chi connectivity index (χ1) is 15.6. The van der Waals surface area contributed by atoms with Gasteiger partial charge in [0, 0.05) is 10.6 Å². The number of carbonyl (C=O) groups is 1. The van der Waals surface area contributed by atoms with E-state index in [4.69, 9.17) is 33.7 Å². The average Bonchev–Trinajstić information content (AvgIpc) is 2.79. The summed E-state index contributed by atoms with van der Waals surface area (Å²) in [6, 6.07) is 7.70. The maximum absolute atomic E-state index is 11.3. The van der Waals surface area contributed by atoms with E-state index in [9.17, 15) is 15.0 Å². The van der Waals surface area contributed by atoms with Gasteiger partial charge >= 0.3 is 5.97 Å². The van der Waals surface area contributed by atoms with E-state index in [1.165, 1.54) is 11.6 Å². The number of aromatic hydroxyl groups is 1. The SMILES string of the molecule is CCC(Oc1ccc(C(C)(C)CC)cc1C(C)(C)CC)C(=O)O.Cc1c(Cl)cc(N)c(O)c1Cl. The van der Waals surface area contributed by atoms with E-state index in [-0.39, 0.29) is 27.3 Å². The summed E-state index contributed by atoms with van der Waals surface area (Å²) in [7, 11) is 0. The zero-order valence-corrected chi connectivity index (χ0v) is 23.1. The van der Waals surface area contributed by atoms with E-state index >= 15 is 0 Å². The van der Waals surface area contributed by atoms with Gasteiger partial charge in [0.25, 0.3) is 0 Å². The lowest BCUT2D eigenvalue weighted by atomic mass is 9.76. The van der Waals surface area contributed by atoms with Crippen LogP contribution in [0, 0.1) is 6.92 Å². The molecular formula is C27H39Cl2NO4. The van der Waals surface area contributed by atoms with Crippen LogP contribution < -0.4 is 10.5 Å². The summed E-state index contributed by atoms with van der Waals surface area (Å²) in [5, 5.41) is 19.2. The molecule has 0 amide bonds. The number of nitrogens with two attached hydrogens (primary N) is 1. The Kier molecular flexibility index (Phi) is 10.6. The Morgan fingerprint density at radius 2 is 1.62 bits per heavy atom. The second-order valence-corrected chi connectivity index (χ2v) is 10.6. The van der Waals surface area contributed by atoms with Crippen molar-refractivity contribution >= 4 is 34.9 Å². The number of phenolic OH excluding ortho intramolecular Hbond substituents is 1. The fourth-order valence-electron chi connectivity index (χ4n) is 3.16. The highest BCUT2D eigenvalue weighted by Gasteiger charge is 2.28. The van der Waals surface area contributed by atoms with Crippen LogP contribution in [0.4, 0.5) is 5.69 Å². The molecule has 0 saturated heterocycles. The van der Waals surface area contributed by atoms with Gasteiger partial charge in [0.1, 0.15) is 5.75 Å². The van der Waals surface area contributed by atoms with Gasteiger partial charge in [-0.05, 0) is 60.3 Å². The molecule has 0 spiro atoms. The molecule has 4 N–H and O–H groups in total. The molecule has 1 atom stereocenters. The Bertz CT molecular complexity index is 976. The lowest BCUT2D eigenvalue weighted by Crippen LogP contribution is -2.28. The van der Waals surface area contributed by atoms with Crippen molar-refractivity contribution in [3.05, 3.63) is 51.0 Å². The van der Waals surface area contributed by atoms with Gasteiger partial charge in [0.05, 0.1) is 10.7 Å². The molecule has 2 aromatic carbocycles. The lowest BCUT2D eigenvalue weighted by Gasteiger charge is -2.31. The molecule has 0 radical (unpaired) electrons. The van der Waals surface area contributed by atoms with E-state index < -0.39 is 12.1 Å². The van der Waals surface area contributed by atoms with Crippen molar-refractivity contribution in [1.29, 1.82) is 0 Å². The Balaban J connectivity index is 0.000000437. The van der Waals surface area contributed by atoms with E-state index in [0.29, 0.717) is 22.8 Å². The highest BCUT2D eigenvalue weighted by atomic mass is 35.5. The van der Waals surface area contributed by atoms with Crippen LogP contribution in [0.2, 0.25) is 10.0 Å². The van der Waals surface area contributed by atoms with Gasteiger partial charge in [-0.1, -0.05) is 83.8 Å². The van der Waals surface area contributed by atoms with E-state index in [1.807, 2.05) is 13.0 Å². The number of benzene rings is 2. The first-order valence-corrected chi connectivity index (χ1v) is 12.4. The molecule has 34 heavy (non-hydrogen) atoms. The smallest absolute Gasteiger partial charge is 0.344 e. The Morgan fingerprint density at radius 3 is 2.09 bits per heavy atom. The van der Waals surface area contributed by atoms with Gasteiger partial charge < -0.3 is 20.7 Å². The highest BCUT2D eigenvalue weighted by Crippen LogP contribution is 2.39. The number of anilines is 1.